The Kier molecular flexibility index (Phi) is 7.51. The molecule has 0 aromatic carbocycles. The van der Waals surface area contributed by atoms with Gasteiger partial charge >= 0.3 is 0 Å². The summed E-state index contributed by atoms with van der Waals surface area (Å²) in [5.41, 5.74) is 0.441. The van der Waals surface area contributed by atoms with Crippen molar-refractivity contribution in [2.75, 3.05) is 7.05 Å². The third-order valence-electron chi connectivity index (χ3n) is 2.93. The van der Waals surface area contributed by atoms with Crippen molar-refractivity contribution in [3.63, 3.8) is 0 Å². The molecule has 0 fully saturated rings. The van der Waals surface area contributed by atoms with Gasteiger partial charge in [-0.1, -0.05) is 27.7 Å². The molecule has 94 valence electrons. The molecule has 0 heterocycles. The van der Waals surface area contributed by atoms with Crippen LogP contribution >= 0.6 is 0 Å². The minimum absolute atomic E-state index is 0.441. The van der Waals surface area contributed by atoms with E-state index >= 15 is 0 Å². The van der Waals surface area contributed by atoms with Gasteiger partial charge in [0.2, 0.25) is 0 Å². The van der Waals surface area contributed by atoms with Crippen LogP contribution in [0.3, 0.4) is 0 Å². The van der Waals surface area contributed by atoms with Gasteiger partial charge in [-0.15, -0.1) is 12.3 Å². The molecule has 0 spiro atoms. The Morgan fingerprint density at radius 3 is 2.38 bits per heavy atom. The molecule has 2 unspecified atom stereocenters. The molecule has 1 nitrogen and oxygen atoms in total. The summed E-state index contributed by atoms with van der Waals surface area (Å²) in [6.45, 7) is 9.31. The highest BCUT2D eigenvalue weighted by atomic mass is 14.9. The largest absolute Gasteiger partial charge is 0.317 e. The van der Waals surface area contributed by atoms with Crippen LogP contribution in [-0.4, -0.2) is 13.1 Å². The first-order valence-electron chi connectivity index (χ1n) is 6.49. The zero-order valence-corrected chi connectivity index (χ0v) is 11.8. The Hall–Kier alpha value is -0.480. The highest BCUT2D eigenvalue weighted by molar-refractivity contribution is 4.84. The number of nitrogens with one attached hydrogen (secondary N) is 1. The van der Waals surface area contributed by atoms with E-state index in [2.05, 4.69) is 46.0 Å². The number of terminal acetylenes is 1. The molecule has 2 atom stereocenters. The molecule has 0 radical (unpaired) electrons. The lowest BCUT2D eigenvalue weighted by Crippen LogP contribution is -2.28. The van der Waals surface area contributed by atoms with Crippen LogP contribution in [0.4, 0.5) is 0 Å². The van der Waals surface area contributed by atoms with E-state index in [9.17, 15) is 0 Å². The maximum atomic E-state index is 5.27. The van der Waals surface area contributed by atoms with Crippen LogP contribution in [0.25, 0.3) is 0 Å². The van der Waals surface area contributed by atoms with Gasteiger partial charge in [0.1, 0.15) is 0 Å². The second-order valence-electron chi connectivity index (χ2n) is 6.19. The predicted octanol–water partition coefficient (Wildman–Crippen LogP) is 3.84. The number of unbranched alkanes of at least 4 members (excludes halogenated alkanes) is 1. The van der Waals surface area contributed by atoms with Gasteiger partial charge in [-0.05, 0) is 44.1 Å². The summed E-state index contributed by atoms with van der Waals surface area (Å²) >= 11 is 0. The van der Waals surface area contributed by atoms with E-state index in [-0.39, 0.29) is 0 Å². The molecule has 0 aliphatic rings. The van der Waals surface area contributed by atoms with Gasteiger partial charge in [0.05, 0.1) is 0 Å². The monoisotopic (exact) mass is 223 g/mol. The average molecular weight is 223 g/mol. The standard InChI is InChI=1S/C15H29N/c1-7-8-9-10-14(16-6)11-13(2)12-15(3,4)5/h1,13-14,16H,8-12H2,2-6H3. The van der Waals surface area contributed by atoms with Crippen LogP contribution < -0.4 is 5.32 Å². The van der Waals surface area contributed by atoms with Crippen LogP contribution in [0.5, 0.6) is 0 Å². The molecule has 0 aromatic rings. The van der Waals surface area contributed by atoms with Gasteiger partial charge in [0.25, 0.3) is 0 Å². The van der Waals surface area contributed by atoms with E-state index in [1.807, 2.05) is 0 Å². The smallest absolute Gasteiger partial charge is 0.00866 e. The van der Waals surface area contributed by atoms with Crippen LogP contribution in [0.2, 0.25) is 0 Å². The molecular weight excluding hydrogens is 194 g/mol. The predicted molar refractivity (Wildman–Crippen MR) is 73.4 cm³/mol. The molecule has 16 heavy (non-hydrogen) atoms. The van der Waals surface area contributed by atoms with Crippen molar-refractivity contribution in [3.05, 3.63) is 0 Å². The van der Waals surface area contributed by atoms with Crippen LogP contribution in [0.1, 0.15) is 59.8 Å². The lowest BCUT2D eigenvalue weighted by Gasteiger charge is -2.26. The molecule has 1 N–H and O–H groups in total. The molecule has 0 aliphatic heterocycles. The van der Waals surface area contributed by atoms with E-state index in [1.165, 1.54) is 19.3 Å². The Morgan fingerprint density at radius 1 is 1.31 bits per heavy atom. The second-order valence-corrected chi connectivity index (χ2v) is 6.19. The molecule has 0 rings (SSSR count). The first-order valence-corrected chi connectivity index (χ1v) is 6.49. The van der Waals surface area contributed by atoms with Crippen LogP contribution in [0.15, 0.2) is 0 Å². The minimum atomic E-state index is 0.441. The summed E-state index contributed by atoms with van der Waals surface area (Å²) in [4.78, 5) is 0. The lowest BCUT2D eigenvalue weighted by molar-refractivity contribution is 0.273. The van der Waals surface area contributed by atoms with Crippen molar-refractivity contribution >= 4 is 0 Å². The normalized spacial score (nSPS) is 15.5. The second kappa shape index (κ2) is 7.74. The van der Waals surface area contributed by atoms with Crippen molar-refractivity contribution in [3.8, 4) is 12.3 Å². The molecule has 0 aromatic heterocycles. The summed E-state index contributed by atoms with van der Waals surface area (Å²) in [5, 5.41) is 3.41. The summed E-state index contributed by atoms with van der Waals surface area (Å²) in [6, 6.07) is 0.630. The zero-order chi connectivity index (χ0) is 12.6. The number of rotatable bonds is 7. The maximum Gasteiger partial charge on any atom is 0.00866 e. The molecule has 0 bridgehead atoms. The lowest BCUT2D eigenvalue weighted by atomic mass is 9.82. The molecule has 0 amide bonds. The topological polar surface area (TPSA) is 12.0 Å². The quantitative estimate of drug-likeness (QED) is 0.511. The average Bonchev–Trinajstić information content (AvgIpc) is 2.13. The molecular formula is C15H29N. The van der Waals surface area contributed by atoms with Gasteiger partial charge in [-0.3, -0.25) is 0 Å². The highest BCUT2D eigenvalue weighted by Gasteiger charge is 2.18. The van der Waals surface area contributed by atoms with Crippen LogP contribution in [-0.2, 0) is 0 Å². The molecule has 0 aliphatic carbocycles. The molecule has 0 saturated heterocycles. The Morgan fingerprint density at radius 2 is 1.94 bits per heavy atom. The number of hydrogen-bond acceptors (Lipinski definition) is 1. The fourth-order valence-corrected chi connectivity index (χ4v) is 2.44. The van der Waals surface area contributed by atoms with Gasteiger partial charge in [-0.2, -0.15) is 0 Å². The Bertz CT molecular complexity index is 206. The Balaban J connectivity index is 3.88. The summed E-state index contributed by atoms with van der Waals surface area (Å²) in [5.74, 6) is 3.49. The van der Waals surface area contributed by atoms with Crippen molar-refractivity contribution < 1.29 is 0 Å². The third kappa shape index (κ3) is 8.80. The van der Waals surface area contributed by atoms with Gasteiger partial charge < -0.3 is 5.32 Å². The van der Waals surface area contributed by atoms with E-state index < -0.39 is 0 Å². The Labute approximate surface area is 102 Å². The number of hydrogen-bond donors (Lipinski definition) is 1. The first-order chi connectivity index (χ1) is 7.39. The zero-order valence-electron chi connectivity index (χ0n) is 11.8. The van der Waals surface area contributed by atoms with Crippen molar-refractivity contribution in [1.29, 1.82) is 0 Å². The minimum Gasteiger partial charge on any atom is -0.317 e. The SMILES string of the molecule is C#CCCCC(CC(C)CC(C)(C)C)NC. The summed E-state index contributed by atoms with van der Waals surface area (Å²) in [7, 11) is 2.06. The summed E-state index contributed by atoms with van der Waals surface area (Å²) in [6.07, 6.45) is 11.1. The van der Waals surface area contributed by atoms with Crippen molar-refractivity contribution in [1.82, 2.24) is 5.32 Å². The van der Waals surface area contributed by atoms with Crippen molar-refractivity contribution in [2.45, 2.75) is 65.8 Å². The molecule has 0 saturated carbocycles. The van der Waals surface area contributed by atoms with E-state index in [4.69, 9.17) is 6.42 Å². The van der Waals surface area contributed by atoms with Gasteiger partial charge in [0, 0.05) is 12.5 Å². The van der Waals surface area contributed by atoms with E-state index in [1.54, 1.807) is 0 Å². The summed E-state index contributed by atoms with van der Waals surface area (Å²) < 4.78 is 0. The fourth-order valence-electron chi connectivity index (χ4n) is 2.44. The van der Waals surface area contributed by atoms with E-state index in [0.717, 1.165) is 18.8 Å². The van der Waals surface area contributed by atoms with Crippen molar-refractivity contribution in [2.24, 2.45) is 11.3 Å². The third-order valence-corrected chi connectivity index (χ3v) is 2.93. The van der Waals surface area contributed by atoms with Gasteiger partial charge in [-0.25, -0.2) is 0 Å². The molecule has 1 heteroatoms. The highest BCUT2D eigenvalue weighted by Crippen LogP contribution is 2.27. The van der Waals surface area contributed by atoms with Crippen LogP contribution in [0, 0.1) is 23.7 Å². The first kappa shape index (κ1) is 15.5. The van der Waals surface area contributed by atoms with E-state index in [0.29, 0.717) is 11.5 Å². The fraction of sp³-hybridized carbons (Fsp3) is 0.867. The maximum absolute atomic E-state index is 5.27. The van der Waals surface area contributed by atoms with Gasteiger partial charge in [0.15, 0.2) is 0 Å².